The minimum absolute atomic E-state index is 0.0145. The Hall–Kier alpha value is -3.15. The number of benzene rings is 2. The van der Waals surface area contributed by atoms with Gasteiger partial charge in [0.2, 0.25) is 5.75 Å². The summed E-state index contributed by atoms with van der Waals surface area (Å²) in [7, 11) is 4.58. The first-order valence-corrected chi connectivity index (χ1v) is 7.59. The van der Waals surface area contributed by atoms with Gasteiger partial charge < -0.3 is 24.1 Å². The zero-order valence-electron chi connectivity index (χ0n) is 14.2. The lowest BCUT2D eigenvalue weighted by molar-refractivity contribution is 0.100. The van der Waals surface area contributed by atoms with Crippen molar-refractivity contribution in [3.05, 3.63) is 47.0 Å². The van der Waals surface area contributed by atoms with Gasteiger partial charge >= 0.3 is 0 Å². The van der Waals surface area contributed by atoms with Crippen LogP contribution in [0.15, 0.2) is 35.9 Å². The molecule has 0 aromatic heterocycles. The fourth-order valence-electron chi connectivity index (χ4n) is 2.75. The molecule has 0 radical (unpaired) electrons. The van der Waals surface area contributed by atoms with Gasteiger partial charge in [-0.1, -0.05) is 0 Å². The van der Waals surface area contributed by atoms with Crippen LogP contribution in [-0.2, 0) is 0 Å². The Labute approximate surface area is 145 Å². The number of ketones is 1. The van der Waals surface area contributed by atoms with Crippen molar-refractivity contribution in [2.45, 2.75) is 0 Å². The third kappa shape index (κ3) is 2.98. The van der Waals surface area contributed by atoms with Gasteiger partial charge in [0.15, 0.2) is 17.3 Å². The van der Waals surface area contributed by atoms with E-state index in [9.17, 15) is 9.90 Å². The van der Waals surface area contributed by atoms with E-state index in [1.54, 1.807) is 24.3 Å². The first-order chi connectivity index (χ1) is 12.1. The molecule has 0 amide bonds. The van der Waals surface area contributed by atoms with E-state index in [-0.39, 0.29) is 18.1 Å². The third-order valence-electron chi connectivity index (χ3n) is 3.95. The summed E-state index contributed by atoms with van der Waals surface area (Å²) >= 11 is 0. The Kier molecular flexibility index (Phi) is 4.52. The van der Waals surface area contributed by atoms with Gasteiger partial charge in [-0.15, -0.1) is 0 Å². The second-order valence-corrected chi connectivity index (χ2v) is 5.39. The van der Waals surface area contributed by atoms with Crippen molar-refractivity contribution in [2.75, 3.05) is 27.9 Å². The minimum atomic E-state index is -0.200. The summed E-state index contributed by atoms with van der Waals surface area (Å²) in [6, 6.07) is 7.98. The van der Waals surface area contributed by atoms with E-state index in [0.717, 1.165) is 0 Å². The second-order valence-electron chi connectivity index (χ2n) is 5.39. The Morgan fingerprint density at radius 2 is 1.80 bits per heavy atom. The Bertz CT molecular complexity index is 853. The van der Waals surface area contributed by atoms with Crippen molar-refractivity contribution in [1.82, 2.24) is 0 Å². The number of rotatable bonds is 4. The number of Topliss-reactive ketones (excluding diaryl/α,β-unsaturated/α-hetero) is 1. The molecule has 1 aliphatic rings. The molecule has 3 rings (SSSR count). The van der Waals surface area contributed by atoms with Crippen LogP contribution in [0.3, 0.4) is 0 Å². The predicted molar refractivity (Wildman–Crippen MR) is 92.0 cm³/mol. The number of hydrogen-bond donors (Lipinski definition) is 1. The van der Waals surface area contributed by atoms with E-state index in [0.29, 0.717) is 39.7 Å². The van der Waals surface area contributed by atoms with E-state index in [1.165, 1.54) is 33.5 Å². The van der Waals surface area contributed by atoms with Crippen molar-refractivity contribution in [3.63, 3.8) is 0 Å². The molecule has 0 fully saturated rings. The van der Waals surface area contributed by atoms with Gasteiger partial charge in [-0.2, -0.15) is 0 Å². The minimum Gasteiger partial charge on any atom is -0.508 e. The highest BCUT2D eigenvalue weighted by atomic mass is 16.5. The molecule has 2 aromatic carbocycles. The molecule has 25 heavy (non-hydrogen) atoms. The van der Waals surface area contributed by atoms with E-state index >= 15 is 0 Å². The van der Waals surface area contributed by atoms with Gasteiger partial charge in [0.1, 0.15) is 18.1 Å². The van der Waals surface area contributed by atoms with E-state index in [1.807, 2.05) is 0 Å². The highest BCUT2D eigenvalue weighted by Gasteiger charge is 2.25. The maximum atomic E-state index is 12.7. The molecule has 0 aliphatic carbocycles. The molecule has 1 heterocycles. The lowest BCUT2D eigenvalue weighted by atomic mass is 9.97. The number of methoxy groups -OCH3 is 3. The highest BCUT2D eigenvalue weighted by Crippen LogP contribution is 2.41. The van der Waals surface area contributed by atoms with Crippen LogP contribution in [0.2, 0.25) is 0 Å². The van der Waals surface area contributed by atoms with Gasteiger partial charge in [0.05, 0.1) is 26.9 Å². The number of phenolic OH excluding ortho intramolecular Hbond substituents is 1. The van der Waals surface area contributed by atoms with Crippen molar-refractivity contribution in [1.29, 1.82) is 0 Å². The van der Waals surface area contributed by atoms with Crippen molar-refractivity contribution >= 4 is 11.9 Å². The van der Waals surface area contributed by atoms with Crippen LogP contribution in [0.1, 0.15) is 15.9 Å². The van der Waals surface area contributed by atoms with Crippen molar-refractivity contribution < 1.29 is 28.8 Å². The van der Waals surface area contributed by atoms with Crippen LogP contribution in [-0.4, -0.2) is 38.8 Å². The lowest BCUT2D eigenvalue weighted by Crippen LogP contribution is -2.19. The standard InChI is InChI=1S/C19H18O6/c1-22-16-6-4-11(18(23-2)19(16)24-3)8-12-10-25-15-7-5-13(20)9-14(15)17(12)21/h4-9,20H,10H2,1-3H3/b12-8+. The summed E-state index contributed by atoms with van der Waals surface area (Å²) in [6.07, 6.45) is 1.69. The first-order valence-electron chi connectivity index (χ1n) is 7.59. The molecule has 0 atom stereocenters. The molecule has 0 saturated carbocycles. The highest BCUT2D eigenvalue weighted by molar-refractivity contribution is 6.14. The smallest absolute Gasteiger partial charge is 0.203 e. The summed E-state index contributed by atoms with van der Waals surface area (Å²) < 4.78 is 21.7. The molecule has 130 valence electrons. The summed E-state index contributed by atoms with van der Waals surface area (Å²) in [4.78, 5) is 12.7. The van der Waals surface area contributed by atoms with E-state index in [4.69, 9.17) is 18.9 Å². The number of phenols is 1. The van der Waals surface area contributed by atoms with Crippen LogP contribution in [0.4, 0.5) is 0 Å². The third-order valence-corrected chi connectivity index (χ3v) is 3.95. The molecule has 6 nitrogen and oxygen atoms in total. The molecule has 6 heteroatoms. The maximum Gasteiger partial charge on any atom is 0.203 e. The van der Waals surface area contributed by atoms with Gasteiger partial charge in [-0.3, -0.25) is 4.79 Å². The van der Waals surface area contributed by atoms with Crippen LogP contribution >= 0.6 is 0 Å². The maximum absolute atomic E-state index is 12.7. The molecule has 0 spiro atoms. The number of hydrogen-bond acceptors (Lipinski definition) is 6. The monoisotopic (exact) mass is 342 g/mol. The molecular formula is C19H18O6. The van der Waals surface area contributed by atoms with Gasteiger partial charge in [0, 0.05) is 11.1 Å². The molecular weight excluding hydrogens is 324 g/mol. The van der Waals surface area contributed by atoms with Gasteiger partial charge in [-0.05, 0) is 36.4 Å². The number of carbonyl (C=O) groups excluding carboxylic acids is 1. The van der Waals surface area contributed by atoms with Crippen molar-refractivity contribution in [2.24, 2.45) is 0 Å². The molecule has 1 aliphatic heterocycles. The quantitative estimate of drug-likeness (QED) is 0.861. The Morgan fingerprint density at radius 1 is 1.04 bits per heavy atom. The largest absolute Gasteiger partial charge is 0.508 e. The zero-order chi connectivity index (χ0) is 18.0. The summed E-state index contributed by atoms with van der Waals surface area (Å²) in [5.41, 5.74) is 1.44. The predicted octanol–water partition coefficient (Wildman–Crippen LogP) is 3.08. The summed E-state index contributed by atoms with van der Waals surface area (Å²) in [5.74, 6) is 1.71. The summed E-state index contributed by atoms with van der Waals surface area (Å²) in [6.45, 7) is 0.133. The summed E-state index contributed by atoms with van der Waals surface area (Å²) in [5, 5.41) is 9.61. The molecule has 0 saturated heterocycles. The van der Waals surface area contributed by atoms with Gasteiger partial charge in [-0.25, -0.2) is 0 Å². The van der Waals surface area contributed by atoms with Crippen LogP contribution in [0, 0.1) is 0 Å². The first kappa shape index (κ1) is 16.7. The number of aromatic hydroxyl groups is 1. The Balaban J connectivity index is 2.06. The fourth-order valence-corrected chi connectivity index (χ4v) is 2.75. The number of fused-ring (bicyclic) bond motifs is 1. The van der Waals surface area contributed by atoms with Crippen molar-refractivity contribution in [3.8, 4) is 28.7 Å². The number of ether oxygens (including phenoxy) is 4. The normalized spacial score (nSPS) is 14.7. The van der Waals surface area contributed by atoms with Crippen LogP contribution in [0.5, 0.6) is 28.7 Å². The average Bonchev–Trinajstić information content (AvgIpc) is 2.63. The van der Waals surface area contributed by atoms with E-state index in [2.05, 4.69) is 0 Å². The van der Waals surface area contributed by atoms with Crippen LogP contribution in [0.25, 0.3) is 6.08 Å². The molecule has 0 bridgehead atoms. The SMILES string of the molecule is COc1ccc(/C=C2\COc3ccc(O)cc3C2=O)c(OC)c1OC. The molecule has 1 N–H and O–H groups in total. The van der Waals surface area contributed by atoms with E-state index < -0.39 is 0 Å². The Morgan fingerprint density at radius 3 is 2.48 bits per heavy atom. The second kappa shape index (κ2) is 6.76. The lowest BCUT2D eigenvalue weighted by Gasteiger charge is -2.20. The topological polar surface area (TPSA) is 74.2 Å². The fraction of sp³-hybridized carbons (Fsp3) is 0.211. The molecule has 0 unspecified atom stereocenters. The van der Waals surface area contributed by atoms with Crippen LogP contribution < -0.4 is 18.9 Å². The average molecular weight is 342 g/mol. The van der Waals surface area contributed by atoms with Gasteiger partial charge in [0.25, 0.3) is 0 Å². The zero-order valence-corrected chi connectivity index (χ0v) is 14.2. The number of carbonyl (C=O) groups is 1. The molecule has 2 aromatic rings.